The average Bonchev–Trinajstić information content (AvgIpc) is 3.03. The molecule has 2 aromatic carbocycles. The molecule has 0 aliphatic rings. The van der Waals surface area contributed by atoms with Crippen LogP contribution in [0, 0.1) is 0 Å². The van der Waals surface area contributed by atoms with E-state index in [2.05, 4.69) is 20.5 Å². The number of thioether (sulfide) groups is 1. The van der Waals surface area contributed by atoms with Gasteiger partial charge in [-0.25, -0.2) is 4.98 Å². The van der Waals surface area contributed by atoms with Gasteiger partial charge in [0.05, 0.1) is 5.75 Å². The third kappa shape index (κ3) is 4.27. The largest absolute Gasteiger partial charge is 0.508 e. The number of H-pyrrole nitrogens is 1. The number of carbonyl (C=O) groups excluding carboxylic acids is 1. The molecule has 0 aliphatic heterocycles. The van der Waals surface area contributed by atoms with Gasteiger partial charge in [0.2, 0.25) is 11.1 Å². The van der Waals surface area contributed by atoms with Gasteiger partial charge in [0, 0.05) is 16.3 Å². The van der Waals surface area contributed by atoms with Crippen molar-refractivity contribution in [1.82, 2.24) is 15.2 Å². The van der Waals surface area contributed by atoms with Crippen LogP contribution in [0.5, 0.6) is 5.75 Å². The first-order chi connectivity index (χ1) is 11.6. The smallest absolute Gasteiger partial charge is 0.234 e. The van der Waals surface area contributed by atoms with Crippen molar-refractivity contribution in [2.24, 2.45) is 0 Å². The second kappa shape index (κ2) is 7.37. The summed E-state index contributed by atoms with van der Waals surface area (Å²) in [7, 11) is 0. The quantitative estimate of drug-likeness (QED) is 0.605. The number of amides is 1. The lowest BCUT2D eigenvalue weighted by molar-refractivity contribution is -0.113. The minimum atomic E-state index is -0.168. The van der Waals surface area contributed by atoms with E-state index in [1.807, 2.05) is 0 Å². The molecule has 0 unspecified atom stereocenters. The maximum atomic E-state index is 11.9. The predicted octanol–water partition coefficient (Wildman–Crippen LogP) is 3.56. The van der Waals surface area contributed by atoms with E-state index >= 15 is 0 Å². The fourth-order valence-electron chi connectivity index (χ4n) is 1.95. The van der Waals surface area contributed by atoms with Crippen molar-refractivity contribution in [3.05, 3.63) is 53.6 Å². The number of nitrogens with one attached hydrogen (secondary N) is 2. The molecule has 0 saturated carbocycles. The Hall–Kier alpha value is -2.51. The van der Waals surface area contributed by atoms with Crippen LogP contribution >= 0.6 is 23.4 Å². The molecule has 0 spiro atoms. The van der Waals surface area contributed by atoms with E-state index < -0.39 is 0 Å². The molecule has 24 heavy (non-hydrogen) atoms. The molecule has 3 rings (SSSR count). The van der Waals surface area contributed by atoms with Gasteiger partial charge in [-0.1, -0.05) is 29.4 Å². The lowest BCUT2D eigenvalue weighted by atomic mass is 10.2. The topological polar surface area (TPSA) is 90.9 Å². The molecule has 0 aliphatic carbocycles. The van der Waals surface area contributed by atoms with Gasteiger partial charge in [-0.15, -0.1) is 5.10 Å². The van der Waals surface area contributed by atoms with E-state index in [4.69, 9.17) is 11.6 Å². The van der Waals surface area contributed by atoms with Gasteiger partial charge >= 0.3 is 0 Å². The van der Waals surface area contributed by atoms with Gasteiger partial charge in [0.1, 0.15) is 5.75 Å². The number of phenols is 1. The summed E-state index contributed by atoms with van der Waals surface area (Å²) < 4.78 is 0. The van der Waals surface area contributed by atoms with E-state index in [0.29, 0.717) is 21.7 Å². The van der Waals surface area contributed by atoms with E-state index in [1.165, 1.54) is 11.8 Å². The first kappa shape index (κ1) is 16.4. The summed E-state index contributed by atoms with van der Waals surface area (Å²) in [6, 6.07) is 13.6. The van der Waals surface area contributed by atoms with Gasteiger partial charge in [-0.05, 0) is 42.5 Å². The Labute approximate surface area is 147 Å². The van der Waals surface area contributed by atoms with E-state index in [0.717, 1.165) is 5.56 Å². The number of aromatic hydroxyl groups is 1. The number of phenolic OH excluding ortho intramolecular Hbond substituents is 1. The highest BCUT2D eigenvalue weighted by Crippen LogP contribution is 2.21. The van der Waals surface area contributed by atoms with Crippen molar-refractivity contribution >= 4 is 35.0 Å². The SMILES string of the molecule is O=C(CSc1n[nH]c(-c2ccc(O)cc2)n1)Nc1cccc(Cl)c1. The van der Waals surface area contributed by atoms with Gasteiger partial charge in [0.25, 0.3) is 0 Å². The summed E-state index contributed by atoms with van der Waals surface area (Å²) in [4.78, 5) is 16.3. The zero-order chi connectivity index (χ0) is 16.9. The number of aromatic nitrogens is 3. The van der Waals surface area contributed by atoms with E-state index in [9.17, 15) is 9.90 Å². The first-order valence-corrected chi connectivity index (χ1v) is 8.36. The average molecular weight is 361 g/mol. The molecule has 3 N–H and O–H groups in total. The van der Waals surface area contributed by atoms with Crippen LogP contribution in [0.1, 0.15) is 0 Å². The summed E-state index contributed by atoms with van der Waals surface area (Å²) in [5.41, 5.74) is 1.45. The number of anilines is 1. The molecule has 8 heteroatoms. The van der Waals surface area contributed by atoms with E-state index in [-0.39, 0.29) is 17.4 Å². The maximum absolute atomic E-state index is 11.9. The van der Waals surface area contributed by atoms with Crippen LogP contribution < -0.4 is 5.32 Å². The van der Waals surface area contributed by atoms with Crippen LogP contribution in [0.4, 0.5) is 5.69 Å². The van der Waals surface area contributed by atoms with Crippen molar-refractivity contribution in [3.63, 3.8) is 0 Å². The van der Waals surface area contributed by atoms with Crippen molar-refractivity contribution < 1.29 is 9.90 Å². The molecular formula is C16H13ClN4O2S. The summed E-state index contributed by atoms with van der Waals surface area (Å²) >= 11 is 7.10. The van der Waals surface area contributed by atoms with Crippen LogP contribution in [-0.2, 0) is 4.79 Å². The zero-order valence-corrected chi connectivity index (χ0v) is 13.9. The van der Waals surface area contributed by atoms with Crippen molar-refractivity contribution in [3.8, 4) is 17.1 Å². The number of halogens is 1. The Bertz CT molecular complexity index is 851. The molecule has 1 amide bonds. The minimum absolute atomic E-state index is 0.168. The van der Waals surface area contributed by atoms with Crippen molar-refractivity contribution in [2.75, 3.05) is 11.1 Å². The number of carbonyl (C=O) groups is 1. The van der Waals surface area contributed by atoms with Crippen molar-refractivity contribution in [1.29, 1.82) is 0 Å². The standard InChI is InChI=1S/C16H13ClN4O2S/c17-11-2-1-3-12(8-11)18-14(23)9-24-16-19-15(20-21-16)10-4-6-13(22)7-5-10/h1-8,22H,9H2,(H,18,23)(H,19,20,21). The Kier molecular flexibility index (Phi) is 5.02. The fourth-order valence-corrected chi connectivity index (χ4v) is 2.74. The Balaban J connectivity index is 1.57. The third-order valence-electron chi connectivity index (χ3n) is 3.05. The number of aromatic amines is 1. The minimum Gasteiger partial charge on any atom is -0.508 e. The lowest BCUT2D eigenvalue weighted by Crippen LogP contribution is -2.14. The van der Waals surface area contributed by atoms with Crippen LogP contribution in [0.15, 0.2) is 53.7 Å². The van der Waals surface area contributed by atoms with Gasteiger partial charge in [-0.3, -0.25) is 9.89 Å². The number of hydrogen-bond acceptors (Lipinski definition) is 5. The maximum Gasteiger partial charge on any atom is 0.234 e. The highest BCUT2D eigenvalue weighted by molar-refractivity contribution is 7.99. The number of nitrogens with zero attached hydrogens (tertiary/aromatic N) is 2. The molecule has 3 aromatic rings. The van der Waals surface area contributed by atoms with Gasteiger partial charge in [-0.2, -0.15) is 0 Å². The highest BCUT2D eigenvalue weighted by atomic mass is 35.5. The summed E-state index contributed by atoms with van der Waals surface area (Å²) in [5, 5.41) is 20.0. The molecule has 0 atom stereocenters. The summed E-state index contributed by atoms with van der Waals surface area (Å²) in [6.45, 7) is 0. The molecule has 0 radical (unpaired) electrons. The molecule has 122 valence electrons. The predicted molar refractivity (Wildman–Crippen MR) is 94.3 cm³/mol. The zero-order valence-electron chi connectivity index (χ0n) is 12.4. The molecule has 0 bridgehead atoms. The molecule has 0 fully saturated rings. The monoisotopic (exact) mass is 360 g/mol. The summed E-state index contributed by atoms with van der Waals surface area (Å²) in [5.74, 6) is 0.774. The Morgan fingerprint density at radius 3 is 2.79 bits per heavy atom. The van der Waals surface area contributed by atoms with Gasteiger partial charge < -0.3 is 10.4 Å². The molecule has 1 heterocycles. The second-order valence-electron chi connectivity index (χ2n) is 4.86. The number of rotatable bonds is 5. The number of benzene rings is 2. The molecule has 0 saturated heterocycles. The van der Waals surface area contributed by atoms with Crippen molar-refractivity contribution in [2.45, 2.75) is 5.16 Å². The highest BCUT2D eigenvalue weighted by Gasteiger charge is 2.09. The normalized spacial score (nSPS) is 10.5. The Morgan fingerprint density at radius 1 is 1.25 bits per heavy atom. The number of hydrogen-bond donors (Lipinski definition) is 3. The molecule has 6 nitrogen and oxygen atoms in total. The van der Waals surface area contributed by atoms with Crippen LogP contribution in [0.25, 0.3) is 11.4 Å². The third-order valence-corrected chi connectivity index (χ3v) is 4.13. The lowest BCUT2D eigenvalue weighted by Gasteiger charge is -2.04. The van der Waals surface area contributed by atoms with Crippen LogP contribution in [0.2, 0.25) is 5.02 Å². The second-order valence-corrected chi connectivity index (χ2v) is 6.24. The van der Waals surface area contributed by atoms with E-state index in [1.54, 1.807) is 48.5 Å². The van der Waals surface area contributed by atoms with Crippen LogP contribution in [-0.4, -0.2) is 31.9 Å². The molecular weight excluding hydrogens is 348 g/mol. The Morgan fingerprint density at radius 2 is 2.04 bits per heavy atom. The van der Waals surface area contributed by atoms with Gasteiger partial charge in [0.15, 0.2) is 5.82 Å². The summed E-state index contributed by atoms with van der Waals surface area (Å²) in [6.07, 6.45) is 0. The molecule has 1 aromatic heterocycles. The van der Waals surface area contributed by atoms with Crippen LogP contribution in [0.3, 0.4) is 0 Å². The fraction of sp³-hybridized carbons (Fsp3) is 0.0625. The first-order valence-electron chi connectivity index (χ1n) is 7.00.